The number of amides is 1. The zero-order valence-corrected chi connectivity index (χ0v) is 19.6. The van der Waals surface area contributed by atoms with Crippen LogP contribution < -0.4 is 10.1 Å². The van der Waals surface area contributed by atoms with E-state index in [1.165, 1.54) is 12.8 Å². The summed E-state index contributed by atoms with van der Waals surface area (Å²) in [5.41, 5.74) is 0.941. The van der Waals surface area contributed by atoms with Crippen LogP contribution in [0, 0.1) is 5.92 Å². The monoisotopic (exact) mass is 456 g/mol. The molecule has 0 radical (unpaired) electrons. The van der Waals surface area contributed by atoms with Crippen LogP contribution >= 0.6 is 11.6 Å². The van der Waals surface area contributed by atoms with Crippen molar-refractivity contribution in [2.45, 2.75) is 38.0 Å². The highest BCUT2D eigenvalue weighted by molar-refractivity contribution is 6.31. The van der Waals surface area contributed by atoms with Gasteiger partial charge in [0.25, 0.3) is 0 Å². The first-order valence-corrected chi connectivity index (χ1v) is 12.0. The second-order valence-corrected chi connectivity index (χ2v) is 9.46. The third kappa shape index (κ3) is 5.45. The molecule has 0 unspecified atom stereocenters. The molecule has 1 amide bonds. The first-order chi connectivity index (χ1) is 15.6. The van der Waals surface area contributed by atoms with Gasteiger partial charge in [0.15, 0.2) is 0 Å². The number of halogens is 1. The van der Waals surface area contributed by atoms with Crippen LogP contribution in [0.25, 0.3) is 0 Å². The van der Waals surface area contributed by atoms with Crippen LogP contribution in [-0.2, 0) is 14.9 Å². The summed E-state index contributed by atoms with van der Waals surface area (Å²) in [5.74, 6) is 1.55. The molecule has 0 bridgehead atoms. The Bertz CT molecular complexity index is 896. The van der Waals surface area contributed by atoms with Crippen LogP contribution in [-0.4, -0.2) is 50.3 Å². The summed E-state index contributed by atoms with van der Waals surface area (Å²) in [6.45, 7) is 7.35. The van der Waals surface area contributed by atoms with Crippen molar-refractivity contribution >= 4 is 23.2 Å². The average Bonchev–Trinajstić information content (AvgIpc) is 2.81. The zero-order valence-electron chi connectivity index (χ0n) is 18.8. The molecular formula is C26H33ClN2O3. The molecule has 2 fully saturated rings. The van der Waals surface area contributed by atoms with E-state index in [-0.39, 0.29) is 5.91 Å². The Labute approximate surface area is 196 Å². The number of hydrogen-bond acceptors (Lipinski definition) is 4. The molecule has 2 aromatic rings. The molecule has 2 aliphatic rings. The third-order valence-electron chi connectivity index (χ3n) is 6.70. The van der Waals surface area contributed by atoms with E-state index >= 15 is 0 Å². The zero-order chi connectivity index (χ0) is 22.4. The van der Waals surface area contributed by atoms with Crippen molar-refractivity contribution in [2.75, 3.05) is 44.8 Å². The minimum atomic E-state index is -0.683. The van der Waals surface area contributed by atoms with Gasteiger partial charge in [-0.3, -0.25) is 9.69 Å². The van der Waals surface area contributed by atoms with Gasteiger partial charge in [-0.25, -0.2) is 0 Å². The third-order valence-corrected chi connectivity index (χ3v) is 7.03. The average molecular weight is 457 g/mol. The fourth-order valence-corrected chi connectivity index (χ4v) is 5.17. The maximum Gasteiger partial charge on any atom is 0.235 e. The molecular weight excluding hydrogens is 424 g/mol. The van der Waals surface area contributed by atoms with E-state index in [9.17, 15) is 4.79 Å². The van der Waals surface area contributed by atoms with Gasteiger partial charge in [-0.1, -0.05) is 36.7 Å². The lowest BCUT2D eigenvalue weighted by molar-refractivity contribution is -0.125. The maximum absolute atomic E-state index is 13.4. The Hall–Kier alpha value is -2.08. The van der Waals surface area contributed by atoms with Crippen molar-refractivity contribution in [1.82, 2.24) is 4.90 Å². The predicted octanol–water partition coefficient (Wildman–Crippen LogP) is 5.14. The number of carbonyl (C=O) groups excluding carboxylic acids is 1. The van der Waals surface area contributed by atoms with E-state index in [0.29, 0.717) is 37.7 Å². The molecule has 0 aromatic heterocycles. The van der Waals surface area contributed by atoms with E-state index in [4.69, 9.17) is 21.1 Å². The van der Waals surface area contributed by atoms with Crippen molar-refractivity contribution in [2.24, 2.45) is 5.92 Å². The summed E-state index contributed by atoms with van der Waals surface area (Å²) >= 11 is 6.49. The molecule has 32 heavy (non-hydrogen) atoms. The first kappa shape index (κ1) is 23.1. The number of piperidine rings is 1. The Morgan fingerprint density at radius 3 is 2.66 bits per heavy atom. The number of benzene rings is 2. The highest BCUT2D eigenvalue weighted by Crippen LogP contribution is 2.39. The molecule has 5 nitrogen and oxygen atoms in total. The molecule has 1 N–H and O–H groups in total. The van der Waals surface area contributed by atoms with Crippen LogP contribution in [0.5, 0.6) is 5.75 Å². The van der Waals surface area contributed by atoms with Gasteiger partial charge < -0.3 is 14.8 Å². The van der Waals surface area contributed by atoms with Crippen molar-refractivity contribution < 1.29 is 14.3 Å². The lowest BCUT2D eigenvalue weighted by Gasteiger charge is -2.36. The van der Waals surface area contributed by atoms with Gasteiger partial charge in [0.05, 0.1) is 5.41 Å². The van der Waals surface area contributed by atoms with Crippen molar-refractivity contribution in [1.29, 1.82) is 0 Å². The van der Waals surface area contributed by atoms with Gasteiger partial charge in [-0.2, -0.15) is 0 Å². The minimum absolute atomic E-state index is 0.0400. The van der Waals surface area contributed by atoms with Crippen LogP contribution in [0.2, 0.25) is 5.02 Å². The normalized spacial score (nSPS) is 21.1. The molecule has 2 aliphatic heterocycles. The molecule has 0 saturated carbocycles. The van der Waals surface area contributed by atoms with E-state index in [0.717, 1.165) is 42.6 Å². The number of rotatable bonds is 7. The lowest BCUT2D eigenvalue weighted by atomic mass is 9.73. The first-order valence-electron chi connectivity index (χ1n) is 11.7. The smallest absolute Gasteiger partial charge is 0.235 e. The highest BCUT2D eigenvalue weighted by Gasteiger charge is 2.43. The maximum atomic E-state index is 13.4. The Balaban J connectivity index is 1.36. The largest absolute Gasteiger partial charge is 0.492 e. The number of carbonyl (C=O) groups is 1. The fourth-order valence-electron chi connectivity index (χ4n) is 4.86. The van der Waals surface area contributed by atoms with E-state index in [1.54, 1.807) is 0 Å². The van der Waals surface area contributed by atoms with Crippen LogP contribution in [0.1, 0.15) is 38.2 Å². The molecule has 1 atom stereocenters. The second kappa shape index (κ2) is 10.7. The number of nitrogens with zero attached hydrogens (tertiary/aromatic N) is 1. The van der Waals surface area contributed by atoms with Gasteiger partial charge >= 0.3 is 0 Å². The Morgan fingerprint density at radius 1 is 1.19 bits per heavy atom. The van der Waals surface area contributed by atoms with Crippen molar-refractivity contribution in [3.8, 4) is 5.75 Å². The number of ether oxygens (including phenoxy) is 2. The molecule has 4 rings (SSSR count). The molecule has 2 aromatic carbocycles. The van der Waals surface area contributed by atoms with Crippen LogP contribution in [0.3, 0.4) is 0 Å². The number of anilines is 1. The number of nitrogens with one attached hydrogen (secondary N) is 1. The Morgan fingerprint density at radius 2 is 1.94 bits per heavy atom. The standard InChI is InChI=1S/C26H33ClN2O3/c1-20-5-4-14-29(19-20)15-18-32-22-10-8-21(9-11-22)28-25(30)26(12-16-31-17-13-26)23-6-2-3-7-24(23)27/h2-3,6-11,20H,4-5,12-19H2,1H3,(H,28,30)/t20-/m0/s1. The highest BCUT2D eigenvalue weighted by atomic mass is 35.5. The van der Waals surface area contributed by atoms with E-state index in [2.05, 4.69) is 17.1 Å². The molecule has 6 heteroatoms. The molecule has 0 spiro atoms. The van der Waals surface area contributed by atoms with E-state index in [1.807, 2.05) is 48.5 Å². The molecule has 172 valence electrons. The SMILES string of the molecule is C[C@H]1CCCN(CCOc2ccc(NC(=O)C3(c4ccccc4Cl)CCOCC3)cc2)C1. The molecule has 0 aliphatic carbocycles. The number of likely N-dealkylation sites (tertiary alicyclic amines) is 1. The predicted molar refractivity (Wildman–Crippen MR) is 129 cm³/mol. The minimum Gasteiger partial charge on any atom is -0.492 e. The van der Waals surface area contributed by atoms with Crippen LogP contribution in [0.4, 0.5) is 5.69 Å². The van der Waals surface area contributed by atoms with Crippen molar-refractivity contribution in [3.05, 3.63) is 59.1 Å². The Kier molecular flexibility index (Phi) is 7.71. The van der Waals surface area contributed by atoms with E-state index < -0.39 is 5.41 Å². The quantitative estimate of drug-likeness (QED) is 0.626. The number of hydrogen-bond donors (Lipinski definition) is 1. The molecule has 2 saturated heterocycles. The topological polar surface area (TPSA) is 50.8 Å². The second-order valence-electron chi connectivity index (χ2n) is 9.05. The van der Waals surface area contributed by atoms with Gasteiger partial charge in [-0.15, -0.1) is 0 Å². The van der Waals surface area contributed by atoms with Crippen LogP contribution in [0.15, 0.2) is 48.5 Å². The summed E-state index contributed by atoms with van der Waals surface area (Å²) in [6.07, 6.45) is 3.82. The lowest BCUT2D eigenvalue weighted by Crippen LogP contribution is -2.45. The van der Waals surface area contributed by atoms with Gasteiger partial charge in [0, 0.05) is 37.0 Å². The van der Waals surface area contributed by atoms with Crippen molar-refractivity contribution in [3.63, 3.8) is 0 Å². The van der Waals surface area contributed by atoms with Gasteiger partial charge in [-0.05, 0) is 74.0 Å². The summed E-state index contributed by atoms with van der Waals surface area (Å²) in [7, 11) is 0. The summed E-state index contributed by atoms with van der Waals surface area (Å²) in [5, 5.41) is 3.72. The summed E-state index contributed by atoms with van der Waals surface area (Å²) < 4.78 is 11.5. The van der Waals surface area contributed by atoms with Gasteiger partial charge in [0.2, 0.25) is 5.91 Å². The van der Waals surface area contributed by atoms with Gasteiger partial charge in [0.1, 0.15) is 12.4 Å². The molecule has 2 heterocycles. The fraction of sp³-hybridized carbons (Fsp3) is 0.500. The summed E-state index contributed by atoms with van der Waals surface area (Å²) in [4.78, 5) is 15.9. The summed E-state index contributed by atoms with van der Waals surface area (Å²) in [6, 6.07) is 15.3.